The average Bonchev–Trinajstić information content (AvgIpc) is 3.59. The van der Waals surface area contributed by atoms with E-state index in [0.717, 1.165) is 35.6 Å². The maximum atomic E-state index is 13.8. The van der Waals surface area contributed by atoms with Crippen LogP contribution in [0.25, 0.3) is 11.0 Å². The predicted molar refractivity (Wildman–Crippen MR) is 135 cm³/mol. The zero-order chi connectivity index (χ0) is 23.9. The van der Waals surface area contributed by atoms with E-state index in [2.05, 4.69) is 30.0 Å². The van der Waals surface area contributed by atoms with Crippen molar-refractivity contribution in [1.29, 1.82) is 0 Å². The van der Waals surface area contributed by atoms with E-state index >= 15 is 0 Å². The number of nitrogens with one attached hydrogen (secondary N) is 2. The molecule has 2 atom stereocenters. The molecule has 0 aliphatic carbocycles. The van der Waals surface area contributed by atoms with Gasteiger partial charge >= 0.3 is 0 Å². The molecule has 1 aromatic carbocycles. The maximum Gasteiger partial charge on any atom is 0.277 e. The average molecular weight is 497 g/mol. The van der Waals surface area contributed by atoms with Crippen molar-refractivity contribution >= 4 is 51.8 Å². The number of aromatic nitrogens is 5. The van der Waals surface area contributed by atoms with E-state index in [-0.39, 0.29) is 11.9 Å². The van der Waals surface area contributed by atoms with Crippen LogP contribution in [0.3, 0.4) is 0 Å². The molecule has 3 aromatic heterocycles. The molecule has 0 bridgehead atoms. The molecule has 1 fully saturated rings. The fraction of sp³-hybridized carbons (Fsp3) is 0.304. The quantitative estimate of drug-likeness (QED) is 0.272. The third-order valence-electron chi connectivity index (χ3n) is 6.31. The van der Waals surface area contributed by atoms with E-state index in [9.17, 15) is 4.79 Å². The number of para-hydroxylation sites is 1. The van der Waals surface area contributed by atoms with Gasteiger partial charge in [-0.2, -0.15) is 5.10 Å². The Hall–Kier alpha value is -3.08. The van der Waals surface area contributed by atoms with Crippen molar-refractivity contribution in [3.05, 3.63) is 59.6 Å². The van der Waals surface area contributed by atoms with Crippen LogP contribution in [-0.2, 0) is 0 Å². The standard InChI is InChI=1S/C23H25ClN8OS/c1-23(25,32(14-7-4-3-5-8-14)22(33)18-15(24)10-11-26-18)16-9-6-12-31(16)20-17-19(27-13-28-20)29-30-21(17)34-2/h3-5,7-8,10-11,13,16,26H,6,9,12,25H2,1-2H3,(H,27,28,29,30)/t16-,23-/m0/s1. The first-order chi connectivity index (χ1) is 16.4. The van der Waals surface area contributed by atoms with E-state index < -0.39 is 5.66 Å². The third-order valence-corrected chi connectivity index (χ3v) is 7.30. The highest BCUT2D eigenvalue weighted by Crippen LogP contribution is 2.39. The summed E-state index contributed by atoms with van der Waals surface area (Å²) in [5.41, 5.74) is 7.68. The first-order valence-electron chi connectivity index (χ1n) is 10.9. The number of rotatable bonds is 6. The molecular weight excluding hydrogens is 472 g/mol. The number of carbonyl (C=O) groups excluding carboxylic acids is 1. The molecule has 34 heavy (non-hydrogen) atoms. The minimum Gasteiger partial charge on any atom is -0.356 e. The number of fused-ring (bicyclic) bond motifs is 1. The van der Waals surface area contributed by atoms with Crippen LogP contribution in [0.2, 0.25) is 5.02 Å². The Balaban J connectivity index is 1.61. The lowest BCUT2D eigenvalue weighted by molar-refractivity contribution is 0.0947. The highest BCUT2D eigenvalue weighted by atomic mass is 35.5. The smallest absolute Gasteiger partial charge is 0.277 e. The number of nitrogens with zero attached hydrogens (tertiary/aromatic N) is 5. The maximum absolute atomic E-state index is 13.8. The first-order valence-corrected chi connectivity index (χ1v) is 12.5. The topological polar surface area (TPSA) is 120 Å². The number of anilines is 2. The number of aromatic amines is 2. The fourth-order valence-electron chi connectivity index (χ4n) is 4.78. The molecule has 0 radical (unpaired) electrons. The zero-order valence-electron chi connectivity index (χ0n) is 18.8. The van der Waals surface area contributed by atoms with Gasteiger partial charge in [-0.25, -0.2) is 9.97 Å². The second-order valence-corrected chi connectivity index (χ2v) is 9.61. The zero-order valence-corrected chi connectivity index (χ0v) is 20.4. The SMILES string of the molecule is CSc1n[nH]c2ncnc(N3CCC[C@H]3[C@@](C)(N)N(C(=O)c3[nH]ccc3Cl)c3ccccc3)c12. The summed E-state index contributed by atoms with van der Waals surface area (Å²) in [5.74, 6) is 0.472. The third kappa shape index (κ3) is 3.71. The van der Waals surface area contributed by atoms with Gasteiger partial charge < -0.3 is 15.6 Å². The van der Waals surface area contributed by atoms with Gasteiger partial charge in [-0.15, -0.1) is 11.8 Å². The van der Waals surface area contributed by atoms with Crippen molar-refractivity contribution in [2.75, 3.05) is 22.6 Å². The van der Waals surface area contributed by atoms with E-state index in [4.69, 9.17) is 17.3 Å². The summed E-state index contributed by atoms with van der Waals surface area (Å²) >= 11 is 7.86. The van der Waals surface area contributed by atoms with Crippen molar-refractivity contribution in [3.63, 3.8) is 0 Å². The van der Waals surface area contributed by atoms with Crippen molar-refractivity contribution in [2.24, 2.45) is 5.73 Å². The summed E-state index contributed by atoms with van der Waals surface area (Å²) in [6.07, 6.45) is 6.85. The summed E-state index contributed by atoms with van der Waals surface area (Å²) in [6.45, 7) is 2.64. The number of amides is 1. The normalized spacial score (nSPS) is 17.8. The van der Waals surface area contributed by atoms with Gasteiger partial charge in [-0.05, 0) is 44.2 Å². The monoisotopic (exact) mass is 496 g/mol. The van der Waals surface area contributed by atoms with Crippen molar-refractivity contribution < 1.29 is 4.79 Å². The summed E-state index contributed by atoms with van der Waals surface area (Å²) in [4.78, 5) is 29.6. The molecule has 1 aliphatic heterocycles. The van der Waals surface area contributed by atoms with Gasteiger partial charge in [-0.1, -0.05) is 29.8 Å². The van der Waals surface area contributed by atoms with Crippen LogP contribution in [0, 0.1) is 0 Å². The number of thioether (sulfide) groups is 1. The largest absolute Gasteiger partial charge is 0.356 e. The Bertz CT molecular complexity index is 1320. The Morgan fingerprint density at radius 1 is 1.29 bits per heavy atom. The van der Waals surface area contributed by atoms with Crippen LogP contribution in [0.1, 0.15) is 30.3 Å². The Kier molecular flexibility index (Phi) is 5.97. The van der Waals surface area contributed by atoms with Gasteiger partial charge in [0.15, 0.2) is 5.65 Å². The molecule has 176 valence electrons. The fourth-order valence-corrected chi connectivity index (χ4v) is 5.50. The number of hydrogen-bond acceptors (Lipinski definition) is 7. The molecule has 4 heterocycles. The minimum absolute atomic E-state index is 0.215. The molecule has 4 N–H and O–H groups in total. The molecule has 0 spiro atoms. The molecule has 1 saturated heterocycles. The lowest BCUT2D eigenvalue weighted by atomic mass is 9.96. The number of H-pyrrole nitrogens is 2. The highest BCUT2D eigenvalue weighted by Gasteiger charge is 2.46. The van der Waals surface area contributed by atoms with Gasteiger partial charge in [0.25, 0.3) is 5.91 Å². The van der Waals surface area contributed by atoms with Crippen LogP contribution in [0.15, 0.2) is 53.9 Å². The summed E-state index contributed by atoms with van der Waals surface area (Å²) in [7, 11) is 0. The molecule has 0 saturated carbocycles. The van der Waals surface area contributed by atoms with Gasteiger partial charge in [0.2, 0.25) is 0 Å². The number of hydrogen-bond donors (Lipinski definition) is 3. The Morgan fingerprint density at radius 2 is 2.09 bits per heavy atom. The lowest BCUT2D eigenvalue weighted by Gasteiger charge is -2.45. The van der Waals surface area contributed by atoms with E-state index in [1.165, 1.54) is 18.1 Å². The van der Waals surface area contributed by atoms with Crippen LogP contribution in [-0.4, -0.2) is 55.6 Å². The molecule has 9 nitrogen and oxygen atoms in total. The summed E-state index contributed by atoms with van der Waals surface area (Å²) in [5, 5.41) is 9.41. The number of carbonyl (C=O) groups is 1. The van der Waals surface area contributed by atoms with Crippen LogP contribution >= 0.6 is 23.4 Å². The van der Waals surface area contributed by atoms with E-state index in [0.29, 0.717) is 22.1 Å². The molecule has 4 aromatic rings. The van der Waals surface area contributed by atoms with E-state index in [1.807, 2.05) is 43.5 Å². The van der Waals surface area contributed by atoms with E-state index in [1.54, 1.807) is 17.2 Å². The van der Waals surface area contributed by atoms with Gasteiger partial charge in [0.05, 0.1) is 16.5 Å². The number of nitrogens with two attached hydrogens (primary N) is 1. The van der Waals surface area contributed by atoms with Crippen LogP contribution in [0.4, 0.5) is 11.5 Å². The van der Waals surface area contributed by atoms with Gasteiger partial charge in [-0.3, -0.25) is 14.8 Å². The van der Waals surface area contributed by atoms with Crippen LogP contribution in [0.5, 0.6) is 0 Å². The molecule has 0 unspecified atom stereocenters. The van der Waals surface area contributed by atoms with Crippen LogP contribution < -0.4 is 15.5 Å². The second kappa shape index (κ2) is 8.94. The van der Waals surface area contributed by atoms with Crippen molar-refractivity contribution in [1.82, 2.24) is 25.1 Å². The van der Waals surface area contributed by atoms with Crippen molar-refractivity contribution in [3.8, 4) is 0 Å². The number of halogens is 1. The lowest BCUT2D eigenvalue weighted by Crippen LogP contribution is -2.67. The Morgan fingerprint density at radius 3 is 2.79 bits per heavy atom. The molecule has 1 aliphatic rings. The van der Waals surface area contributed by atoms with Gasteiger partial charge in [0.1, 0.15) is 28.5 Å². The summed E-state index contributed by atoms with van der Waals surface area (Å²) in [6, 6.07) is 10.9. The minimum atomic E-state index is -1.09. The summed E-state index contributed by atoms with van der Waals surface area (Å²) < 4.78 is 0. The number of benzene rings is 1. The van der Waals surface area contributed by atoms with Gasteiger partial charge in [0, 0.05) is 18.4 Å². The highest BCUT2D eigenvalue weighted by molar-refractivity contribution is 7.98. The molecule has 1 amide bonds. The molecule has 5 rings (SSSR count). The Labute approximate surface area is 206 Å². The second-order valence-electron chi connectivity index (χ2n) is 8.41. The predicted octanol–water partition coefficient (Wildman–Crippen LogP) is 4.05. The molecular formula is C23H25ClN8OS. The van der Waals surface area contributed by atoms with Crippen molar-refractivity contribution in [2.45, 2.75) is 36.5 Å². The molecule has 11 heteroatoms. The first kappa shape index (κ1) is 22.7.